The van der Waals surface area contributed by atoms with Crippen molar-refractivity contribution in [2.24, 2.45) is 5.92 Å². The number of benzene rings is 1. The molecule has 0 unspecified atom stereocenters. The lowest BCUT2D eigenvalue weighted by atomic mass is 9.92. The standard InChI is InChI=1S/C17H19F6NO2S.C2H6/c1-10(2)3-6-14(25)24-7-8-27-13-9-11(4-5-12(13)24)15(26,16(18,19)20)17(21,22)23;1-2/h4-5,9-10,26H,3,6-8H2,1-2H3;1-2H3. The smallest absolute Gasteiger partial charge is 0.369 e. The topological polar surface area (TPSA) is 40.5 Å². The van der Waals surface area contributed by atoms with Crippen molar-refractivity contribution in [3.8, 4) is 0 Å². The van der Waals surface area contributed by atoms with E-state index in [1.807, 2.05) is 27.7 Å². The van der Waals surface area contributed by atoms with Crippen molar-refractivity contribution < 1.29 is 36.2 Å². The monoisotopic (exact) mass is 445 g/mol. The minimum absolute atomic E-state index is 0.101. The first-order valence-electron chi connectivity index (χ1n) is 9.22. The minimum atomic E-state index is -5.94. The van der Waals surface area contributed by atoms with Gasteiger partial charge in [-0.15, -0.1) is 11.8 Å². The average molecular weight is 445 g/mol. The summed E-state index contributed by atoms with van der Waals surface area (Å²) in [6, 6.07) is 2.28. The van der Waals surface area contributed by atoms with Crippen molar-refractivity contribution >= 4 is 23.4 Å². The minimum Gasteiger partial charge on any atom is -0.369 e. The summed E-state index contributed by atoms with van der Waals surface area (Å²) in [4.78, 5) is 13.8. The van der Waals surface area contributed by atoms with Crippen molar-refractivity contribution in [3.05, 3.63) is 23.8 Å². The Hall–Kier alpha value is -1.42. The van der Waals surface area contributed by atoms with E-state index in [1.165, 1.54) is 4.90 Å². The van der Waals surface area contributed by atoms with Gasteiger partial charge in [0, 0.05) is 29.2 Å². The highest BCUT2D eigenvalue weighted by Gasteiger charge is 2.71. The molecular weight excluding hydrogens is 420 g/mol. The van der Waals surface area contributed by atoms with Crippen LogP contribution in [0.5, 0.6) is 0 Å². The molecule has 0 radical (unpaired) electrons. The number of anilines is 1. The zero-order valence-corrected chi connectivity index (χ0v) is 17.4. The molecule has 0 spiro atoms. The molecule has 1 aliphatic heterocycles. The van der Waals surface area contributed by atoms with E-state index in [9.17, 15) is 36.2 Å². The van der Waals surface area contributed by atoms with Crippen LogP contribution >= 0.6 is 11.8 Å². The zero-order chi connectivity index (χ0) is 22.6. The number of hydrogen-bond donors (Lipinski definition) is 1. The molecule has 0 saturated carbocycles. The van der Waals surface area contributed by atoms with Gasteiger partial charge in [0.25, 0.3) is 5.60 Å². The second-order valence-electron chi connectivity index (χ2n) is 6.71. The highest BCUT2D eigenvalue weighted by Crippen LogP contribution is 2.51. The lowest BCUT2D eigenvalue weighted by Crippen LogP contribution is -2.54. The first-order valence-corrected chi connectivity index (χ1v) is 10.2. The summed E-state index contributed by atoms with van der Waals surface area (Å²) in [6.45, 7) is 8.19. The third-order valence-electron chi connectivity index (χ3n) is 4.30. The first-order chi connectivity index (χ1) is 13.3. The summed E-state index contributed by atoms with van der Waals surface area (Å²) in [6.07, 6.45) is -11.0. The fourth-order valence-electron chi connectivity index (χ4n) is 2.74. The van der Waals surface area contributed by atoms with Gasteiger partial charge in [-0.2, -0.15) is 26.3 Å². The van der Waals surface area contributed by atoms with Gasteiger partial charge in [0.2, 0.25) is 5.91 Å². The maximum atomic E-state index is 13.1. The Morgan fingerprint density at radius 3 is 2.17 bits per heavy atom. The molecule has 29 heavy (non-hydrogen) atoms. The normalized spacial score (nSPS) is 15.0. The molecule has 0 bridgehead atoms. The summed E-state index contributed by atoms with van der Waals surface area (Å²) >= 11 is 1.05. The number of carbonyl (C=O) groups is 1. The quantitative estimate of drug-likeness (QED) is 0.587. The highest BCUT2D eigenvalue weighted by atomic mass is 32.2. The van der Waals surface area contributed by atoms with Gasteiger partial charge in [0.05, 0.1) is 5.69 Å². The van der Waals surface area contributed by atoms with Gasteiger partial charge in [0.15, 0.2) is 0 Å². The fourth-order valence-corrected chi connectivity index (χ4v) is 3.77. The van der Waals surface area contributed by atoms with Crippen LogP contribution in [0.1, 0.15) is 46.1 Å². The van der Waals surface area contributed by atoms with Crippen LogP contribution in [0.15, 0.2) is 23.1 Å². The number of halogens is 6. The van der Waals surface area contributed by atoms with Gasteiger partial charge >= 0.3 is 12.4 Å². The van der Waals surface area contributed by atoms with Crippen LogP contribution in [0.2, 0.25) is 0 Å². The Morgan fingerprint density at radius 2 is 1.69 bits per heavy atom. The van der Waals surface area contributed by atoms with Gasteiger partial charge in [-0.25, -0.2) is 0 Å². The fraction of sp³-hybridized carbons (Fsp3) is 0.632. The van der Waals surface area contributed by atoms with Gasteiger partial charge in [0.1, 0.15) is 0 Å². The Morgan fingerprint density at radius 1 is 1.14 bits per heavy atom. The number of thioether (sulfide) groups is 1. The molecule has 0 atom stereocenters. The molecule has 3 nitrogen and oxygen atoms in total. The van der Waals surface area contributed by atoms with Gasteiger partial charge in [-0.05, 0) is 24.5 Å². The van der Waals surface area contributed by atoms with E-state index in [2.05, 4.69) is 0 Å². The van der Waals surface area contributed by atoms with Crippen LogP contribution < -0.4 is 4.90 Å². The number of carbonyl (C=O) groups excluding carboxylic acids is 1. The number of nitrogens with zero attached hydrogens (tertiary/aromatic N) is 1. The Kier molecular flexibility index (Phi) is 8.47. The van der Waals surface area contributed by atoms with Crippen molar-refractivity contribution in [3.63, 3.8) is 0 Å². The molecule has 1 aliphatic rings. The molecule has 10 heteroatoms. The molecule has 1 heterocycles. The Balaban J connectivity index is 0.00000204. The molecule has 1 aromatic rings. The van der Waals surface area contributed by atoms with Crippen LogP contribution in [-0.4, -0.2) is 35.7 Å². The maximum absolute atomic E-state index is 13.1. The van der Waals surface area contributed by atoms with Crippen LogP contribution in [0.4, 0.5) is 32.0 Å². The third kappa shape index (κ3) is 5.39. The summed E-state index contributed by atoms with van der Waals surface area (Å²) in [5.41, 5.74) is -6.03. The summed E-state index contributed by atoms with van der Waals surface area (Å²) in [5, 5.41) is 9.54. The summed E-state index contributed by atoms with van der Waals surface area (Å²) in [7, 11) is 0. The second-order valence-corrected chi connectivity index (χ2v) is 7.85. The number of alkyl halides is 6. The van der Waals surface area contributed by atoms with Crippen LogP contribution in [0.3, 0.4) is 0 Å². The lowest BCUT2D eigenvalue weighted by Gasteiger charge is -2.35. The van der Waals surface area contributed by atoms with Gasteiger partial charge in [-0.1, -0.05) is 33.8 Å². The molecule has 1 aromatic carbocycles. The molecule has 0 aromatic heterocycles. The lowest BCUT2D eigenvalue weighted by molar-refractivity contribution is -0.376. The number of rotatable bonds is 4. The van der Waals surface area contributed by atoms with Crippen molar-refractivity contribution in [2.45, 2.75) is 63.4 Å². The molecule has 1 N–H and O–H groups in total. The van der Waals surface area contributed by atoms with E-state index in [4.69, 9.17) is 0 Å². The first kappa shape index (κ1) is 25.6. The average Bonchev–Trinajstić information content (AvgIpc) is 2.64. The van der Waals surface area contributed by atoms with E-state index in [0.717, 1.165) is 17.8 Å². The van der Waals surface area contributed by atoms with Crippen molar-refractivity contribution in [2.75, 3.05) is 17.2 Å². The molecule has 1 amide bonds. The second kappa shape index (κ2) is 9.59. The number of fused-ring (bicyclic) bond motifs is 1. The van der Waals surface area contributed by atoms with E-state index in [0.29, 0.717) is 30.9 Å². The van der Waals surface area contributed by atoms with E-state index in [1.54, 1.807) is 0 Å². The summed E-state index contributed by atoms with van der Waals surface area (Å²) in [5.74, 6) is 0.379. The Bertz CT molecular complexity index is 689. The predicted molar refractivity (Wildman–Crippen MR) is 101 cm³/mol. The number of hydrogen-bond acceptors (Lipinski definition) is 3. The molecule has 0 saturated heterocycles. The van der Waals surface area contributed by atoms with Crippen molar-refractivity contribution in [1.82, 2.24) is 0 Å². The van der Waals surface area contributed by atoms with Crippen LogP contribution in [-0.2, 0) is 10.4 Å². The molecule has 2 rings (SSSR count). The van der Waals surface area contributed by atoms with Crippen molar-refractivity contribution in [1.29, 1.82) is 0 Å². The van der Waals surface area contributed by atoms with E-state index >= 15 is 0 Å². The summed E-state index contributed by atoms with van der Waals surface area (Å²) < 4.78 is 78.3. The maximum Gasteiger partial charge on any atom is 0.430 e. The van der Waals surface area contributed by atoms with E-state index < -0.39 is 23.5 Å². The van der Waals surface area contributed by atoms with Crippen LogP contribution in [0, 0.1) is 5.92 Å². The molecule has 166 valence electrons. The highest BCUT2D eigenvalue weighted by molar-refractivity contribution is 7.99. The SMILES string of the molecule is CC.CC(C)CCC(=O)N1CCSc2cc(C(O)(C(F)(F)F)C(F)(F)F)ccc21. The number of aliphatic hydroxyl groups is 1. The molecular formula is C19H25F6NO2S. The predicted octanol–water partition coefficient (Wildman–Crippen LogP) is 5.90. The Labute approximate surface area is 170 Å². The third-order valence-corrected chi connectivity index (χ3v) is 5.32. The van der Waals surface area contributed by atoms with Gasteiger partial charge in [-0.3, -0.25) is 4.79 Å². The number of amides is 1. The zero-order valence-electron chi connectivity index (χ0n) is 16.6. The van der Waals surface area contributed by atoms with Gasteiger partial charge < -0.3 is 10.0 Å². The largest absolute Gasteiger partial charge is 0.430 e. The molecule has 0 aliphatic carbocycles. The van der Waals surface area contributed by atoms with E-state index in [-0.39, 0.29) is 28.8 Å². The molecule has 0 fully saturated rings. The van der Waals surface area contributed by atoms with Crippen LogP contribution in [0.25, 0.3) is 0 Å².